The summed E-state index contributed by atoms with van der Waals surface area (Å²) in [6, 6.07) is 16.0. The van der Waals surface area contributed by atoms with E-state index < -0.39 is 0 Å². The fourth-order valence-electron chi connectivity index (χ4n) is 1.85. The molecule has 3 heteroatoms. The molecule has 0 fully saturated rings. The van der Waals surface area contributed by atoms with E-state index >= 15 is 0 Å². The number of aromatic nitrogens is 1. The van der Waals surface area contributed by atoms with Crippen molar-refractivity contribution in [2.45, 2.75) is 0 Å². The minimum Gasteiger partial charge on any atom is -0.361 e. The Bertz CT molecular complexity index is 644. The summed E-state index contributed by atoms with van der Waals surface area (Å²) in [6.45, 7) is 0. The number of benzene rings is 2. The highest BCUT2D eigenvalue weighted by Gasteiger charge is 2.03. The van der Waals surface area contributed by atoms with Gasteiger partial charge in [0.1, 0.15) is 0 Å². The number of anilines is 2. The number of para-hydroxylation sites is 1. The molecule has 17 heavy (non-hydrogen) atoms. The van der Waals surface area contributed by atoms with E-state index in [0.29, 0.717) is 0 Å². The van der Waals surface area contributed by atoms with Gasteiger partial charge < -0.3 is 10.3 Å². The van der Waals surface area contributed by atoms with Crippen LogP contribution in [0.1, 0.15) is 0 Å². The third-order valence-corrected chi connectivity index (χ3v) is 3.01. The van der Waals surface area contributed by atoms with Crippen LogP contribution in [0, 0.1) is 0 Å². The van der Waals surface area contributed by atoms with Gasteiger partial charge in [0.05, 0.1) is 10.7 Å². The standard InChI is InChI=1S/C14H11ClN2/c15-12-8-10-6-7-16-13(10)9-14(12)17-11-4-2-1-3-5-11/h1-9,16-17H. The van der Waals surface area contributed by atoms with Crippen LogP contribution in [-0.2, 0) is 0 Å². The van der Waals surface area contributed by atoms with E-state index in [1.807, 2.05) is 54.7 Å². The number of aromatic amines is 1. The van der Waals surface area contributed by atoms with Crippen LogP contribution >= 0.6 is 11.6 Å². The van der Waals surface area contributed by atoms with Gasteiger partial charge in [0.2, 0.25) is 0 Å². The number of hydrogen-bond donors (Lipinski definition) is 2. The molecule has 0 aliphatic carbocycles. The molecule has 0 amide bonds. The molecular weight excluding hydrogens is 232 g/mol. The zero-order valence-corrected chi connectivity index (χ0v) is 9.83. The van der Waals surface area contributed by atoms with Crippen LogP contribution < -0.4 is 5.32 Å². The van der Waals surface area contributed by atoms with Crippen molar-refractivity contribution in [3.05, 3.63) is 59.8 Å². The van der Waals surface area contributed by atoms with Crippen molar-refractivity contribution in [2.24, 2.45) is 0 Å². The summed E-state index contributed by atoms with van der Waals surface area (Å²) in [7, 11) is 0. The average molecular weight is 243 g/mol. The lowest BCUT2D eigenvalue weighted by molar-refractivity contribution is 1.47. The maximum Gasteiger partial charge on any atom is 0.0648 e. The third kappa shape index (κ3) is 1.99. The fraction of sp³-hybridized carbons (Fsp3) is 0. The van der Waals surface area contributed by atoms with Crippen molar-refractivity contribution >= 4 is 33.9 Å². The first-order valence-corrected chi connectivity index (χ1v) is 5.79. The first-order chi connectivity index (χ1) is 8.33. The molecule has 84 valence electrons. The van der Waals surface area contributed by atoms with Crippen molar-refractivity contribution in [1.29, 1.82) is 0 Å². The minimum absolute atomic E-state index is 0.723. The fourth-order valence-corrected chi connectivity index (χ4v) is 2.06. The molecule has 0 spiro atoms. The van der Waals surface area contributed by atoms with E-state index in [1.165, 1.54) is 0 Å². The Labute approximate surface area is 104 Å². The molecule has 0 aliphatic rings. The molecule has 0 saturated carbocycles. The Morgan fingerprint density at radius 1 is 1.00 bits per heavy atom. The van der Waals surface area contributed by atoms with E-state index in [0.717, 1.165) is 27.3 Å². The van der Waals surface area contributed by atoms with Gasteiger partial charge in [-0.15, -0.1) is 0 Å². The lowest BCUT2D eigenvalue weighted by atomic mass is 10.2. The molecule has 0 radical (unpaired) electrons. The van der Waals surface area contributed by atoms with Gasteiger partial charge in [0, 0.05) is 22.8 Å². The van der Waals surface area contributed by atoms with Crippen LogP contribution in [0.4, 0.5) is 11.4 Å². The predicted molar refractivity (Wildman–Crippen MR) is 73.0 cm³/mol. The minimum atomic E-state index is 0.723. The zero-order valence-electron chi connectivity index (χ0n) is 9.07. The molecule has 2 nitrogen and oxygen atoms in total. The molecule has 2 aromatic carbocycles. The van der Waals surface area contributed by atoms with Gasteiger partial charge >= 0.3 is 0 Å². The topological polar surface area (TPSA) is 27.8 Å². The number of hydrogen-bond acceptors (Lipinski definition) is 1. The summed E-state index contributed by atoms with van der Waals surface area (Å²) in [6.07, 6.45) is 1.91. The van der Waals surface area contributed by atoms with Gasteiger partial charge in [-0.3, -0.25) is 0 Å². The van der Waals surface area contributed by atoms with Crippen LogP contribution in [0.5, 0.6) is 0 Å². The lowest BCUT2D eigenvalue weighted by Crippen LogP contribution is -1.90. The van der Waals surface area contributed by atoms with Crippen molar-refractivity contribution in [2.75, 3.05) is 5.32 Å². The number of H-pyrrole nitrogens is 1. The second-order valence-corrected chi connectivity index (χ2v) is 4.30. The van der Waals surface area contributed by atoms with Gasteiger partial charge in [0.15, 0.2) is 0 Å². The second kappa shape index (κ2) is 4.15. The number of halogens is 1. The Kier molecular flexibility index (Phi) is 2.50. The maximum atomic E-state index is 6.23. The van der Waals surface area contributed by atoms with Crippen LogP contribution in [0.3, 0.4) is 0 Å². The first-order valence-electron chi connectivity index (χ1n) is 5.42. The molecular formula is C14H11ClN2. The van der Waals surface area contributed by atoms with Gasteiger partial charge in [-0.2, -0.15) is 0 Å². The van der Waals surface area contributed by atoms with E-state index in [-0.39, 0.29) is 0 Å². The maximum absolute atomic E-state index is 6.23. The Balaban J connectivity index is 2.02. The van der Waals surface area contributed by atoms with Crippen LogP contribution in [0.25, 0.3) is 10.9 Å². The SMILES string of the molecule is Clc1cc2cc[nH]c2cc1Nc1ccccc1. The monoisotopic (exact) mass is 242 g/mol. The summed E-state index contributed by atoms with van der Waals surface area (Å²) in [5.41, 5.74) is 3.01. The molecule has 3 aromatic rings. The van der Waals surface area contributed by atoms with Crippen molar-refractivity contribution in [1.82, 2.24) is 4.98 Å². The largest absolute Gasteiger partial charge is 0.361 e. The lowest BCUT2D eigenvalue weighted by Gasteiger charge is -2.08. The van der Waals surface area contributed by atoms with Crippen LogP contribution in [0.2, 0.25) is 5.02 Å². The smallest absolute Gasteiger partial charge is 0.0648 e. The second-order valence-electron chi connectivity index (χ2n) is 3.89. The molecule has 3 rings (SSSR count). The molecule has 1 heterocycles. The summed E-state index contributed by atoms with van der Waals surface area (Å²) in [5, 5.41) is 5.14. The number of fused-ring (bicyclic) bond motifs is 1. The van der Waals surface area contributed by atoms with Gasteiger partial charge in [-0.25, -0.2) is 0 Å². The van der Waals surface area contributed by atoms with Crippen molar-refractivity contribution < 1.29 is 0 Å². The van der Waals surface area contributed by atoms with Crippen molar-refractivity contribution in [3.8, 4) is 0 Å². The molecule has 0 unspecified atom stereocenters. The van der Waals surface area contributed by atoms with Crippen molar-refractivity contribution in [3.63, 3.8) is 0 Å². The van der Waals surface area contributed by atoms with Gasteiger partial charge in [-0.1, -0.05) is 29.8 Å². The summed E-state index contributed by atoms with van der Waals surface area (Å²) in [5.74, 6) is 0. The zero-order chi connectivity index (χ0) is 11.7. The van der Waals surface area contributed by atoms with E-state index in [9.17, 15) is 0 Å². The van der Waals surface area contributed by atoms with Gasteiger partial charge in [0.25, 0.3) is 0 Å². The molecule has 0 bridgehead atoms. The normalized spacial score (nSPS) is 10.6. The van der Waals surface area contributed by atoms with Crippen LogP contribution in [-0.4, -0.2) is 4.98 Å². The van der Waals surface area contributed by atoms with E-state index in [4.69, 9.17) is 11.6 Å². The highest BCUT2D eigenvalue weighted by molar-refractivity contribution is 6.34. The highest BCUT2D eigenvalue weighted by Crippen LogP contribution is 2.29. The quantitative estimate of drug-likeness (QED) is 0.677. The summed E-state index contributed by atoms with van der Waals surface area (Å²) < 4.78 is 0. The predicted octanol–water partition coefficient (Wildman–Crippen LogP) is 4.56. The molecule has 2 N–H and O–H groups in total. The Morgan fingerprint density at radius 2 is 1.82 bits per heavy atom. The Morgan fingerprint density at radius 3 is 2.65 bits per heavy atom. The molecule has 0 aliphatic heterocycles. The molecule has 0 saturated heterocycles. The van der Waals surface area contributed by atoms with Crippen LogP contribution in [0.15, 0.2) is 54.7 Å². The highest BCUT2D eigenvalue weighted by atomic mass is 35.5. The van der Waals surface area contributed by atoms with E-state index in [1.54, 1.807) is 0 Å². The first kappa shape index (κ1) is 10.2. The molecule has 1 aromatic heterocycles. The third-order valence-electron chi connectivity index (χ3n) is 2.69. The Hall–Kier alpha value is -1.93. The molecule has 0 atom stereocenters. The summed E-state index contributed by atoms with van der Waals surface area (Å²) >= 11 is 6.23. The average Bonchev–Trinajstić information content (AvgIpc) is 2.78. The number of rotatable bonds is 2. The number of nitrogens with one attached hydrogen (secondary N) is 2. The van der Waals surface area contributed by atoms with E-state index in [2.05, 4.69) is 10.3 Å². The summed E-state index contributed by atoms with van der Waals surface area (Å²) in [4.78, 5) is 3.17. The van der Waals surface area contributed by atoms with Gasteiger partial charge in [-0.05, 0) is 30.3 Å².